The molecule has 0 bridgehead atoms. The third kappa shape index (κ3) is 4.61. The topological polar surface area (TPSA) is 77.6 Å². The van der Waals surface area contributed by atoms with Gasteiger partial charge in [-0.1, -0.05) is 26.7 Å². The molecule has 0 radical (unpaired) electrons. The first-order valence-electron chi connectivity index (χ1n) is 9.34. The lowest BCUT2D eigenvalue weighted by atomic mass is 9.79. The van der Waals surface area contributed by atoms with Gasteiger partial charge in [0.15, 0.2) is 0 Å². The van der Waals surface area contributed by atoms with Crippen molar-refractivity contribution in [3.8, 4) is 0 Å². The standard InChI is InChI=1S/C17H35ClN4O2/c1-5-7-11(6-2)17(3)15(23)20-16(21-22-17)19-13-10-12(18)8-9-14(13)24-4/h11-16,19-23H,5-10H2,1-4H3. The lowest BCUT2D eigenvalue weighted by molar-refractivity contribution is -0.0646. The zero-order chi connectivity index (χ0) is 17.7. The van der Waals surface area contributed by atoms with Gasteiger partial charge in [0.1, 0.15) is 12.5 Å². The molecule has 1 saturated carbocycles. The van der Waals surface area contributed by atoms with Gasteiger partial charge in [0.2, 0.25) is 0 Å². The normalized spacial score (nSPS) is 42.0. The van der Waals surface area contributed by atoms with E-state index in [2.05, 4.69) is 42.3 Å². The van der Waals surface area contributed by atoms with Gasteiger partial charge in [0, 0.05) is 18.5 Å². The van der Waals surface area contributed by atoms with Crippen LogP contribution in [-0.4, -0.2) is 47.8 Å². The minimum atomic E-state index is -0.635. The summed E-state index contributed by atoms with van der Waals surface area (Å²) in [4.78, 5) is 0. The largest absolute Gasteiger partial charge is 0.380 e. The van der Waals surface area contributed by atoms with Crippen LogP contribution in [0.25, 0.3) is 0 Å². The first-order valence-corrected chi connectivity index (χ1v) is 9.77. The molecule has 0 spiro atoms. The zero-order valence-corrected chi connectivity index (χ0v) is 16.2. The second kappa shape index (κ2) is 9.12. The van der Waals surface area contributed by atoms with E-state index in [0.29, 0.717) is 5.92 Å². The second-order valence-electron chi connectivity index (χ2n) is 7.41. The van der Waals surface area contributed by atoms with Crippen LogP contribution < -0.4 is 21.5 Å². The molecule has 0 aromatic carbocycles. The van der Waals surface area contributed by atoms with E-state index < -0.39 is 11.8 Å². The summed E-state index contributed by atoms with van der Waals surface area (Å²) in [6.07, 6.45) is 5.31. The molecule has 0 aromatic heterocycles. The number of methoxy groups -OCH3 is 1. The van der Waals surface area contributed by atoms with Gasteiger partial charge in [-0.05, 0) is 38.5 Å². The summed E-state index contributed by atoms with van der Waals surface area (Å²) in [5.41, 5.74) is 6.26. The quantitative estimate of drug-likeness (QED) is 0.443. The maximum Gasteiger partial charge on any atom is 0.126 e. The Labute approximate surface area is 151 Å². The van der Waals surface area contributed by atoms with Crippen molar-refractivity contribution in [3.05, 3.63) is 0 Å². The van der Waals surface area contributed by atoms with Crippen LogP contribution in [0.5, 0.6) is 0 Å². The van der Waals surface area contributed by atoms with Crippen LogP contribution in [0.2, 0.25) is 0 Å². The first-order chi connectivity index (χ1) is 11.4. The molecule has 24 heavy (non-hydrogen) atoms. The Bertz CT molecular complexity index is 390. The molecule has 2 rings (SSSR count). The van der Waals surface area contributed by atoms with E-state index in [0.717, 1.165) is 38.5 Å². The van der Waals surface area contributed by atoms with Crippen molar-refractivity contribution in [2.75, 3.05) is 7.11 Å². The van der Waals surface area contributed by atoms with Gasteiger partial charge in [-0.3, -0.25) is 10.6 Å². The molecule has 142 valence electrons. The highest BCUT2D eigenvalue weighted by molar-refractivity contribution is 6.20. The second-order valence-corrected chi connectivity index (χ2v) is 8.02. The highest BCUT2D eigenvalue weighted by Gasteiger charge is 2.44. The minimum absolute atomic E-state index is 0.150. The molecule has 6 nitrogen and oxygen atoms in total. The van der Waals surface area contributed by atoms with Gasteiger partial charge in [-0.15, -0.1) is 11.6 Å². The van der Waals surface area contributed by atoms with Crippen LogP contribution in [0.4, 0.5) is 0 Å². The van der Waals surface area contributed by atoms with Crippen LogP contribution in [0.1, 0.15) is 59.3 Å². The Morgan fingerprint density at radius 1 is 1.38 bits per heavy atom. The average molecular weight is 363 g/mol. The molecule has 7 heteroatoms. The number of aliphatic hydroxyl groups is 1. The molecule has 1 aliphatic heterocycles. The highest BCUT2D eigenvalue weighted by atomic mass is 35.5. The van der Waals surface area contributed by atoms with Crippen LogP contribution in [0.3, 0.4) is 0 Å². The number of aliphatic hydroxyl groups excluding tert-OH is 1. The molecule has 1 heterocycles. The van der Waals surface area contributed by atoms with E-state index in [4.69, 9.17) is 16.3 Å². The fourth-order valence-corrected chi connectivity index (χ4v) is 4.44. The molecular formula is C17H35ClN4O2. The third-order valence-electron chi connectivity index (χ3n) is 5.76. The number of hydrazine groups is 1. The van der Waals surface area contributed by atoms with Crippen LogP contribution >= 0.6 is 11.6 Å². The number of ether oxygens (including phenoxy) is 1. The Morgan fingerprint density at radius 3 is 2.71 bits per heavy atom. The zero-order valence-electron chi connectivity index (χ0n) is 15.4. The van der Waals surface area contributed by atoms with E-state index in [1.54, 1.807) is 7.11 Å². The monoisotopic (exact) mass is 362 g/mol. The average Bonchev–Trinajstić information content (AvgIpc) is 2.56. The molecular weight excluding hydrogens is 328 g/mol. The Hall–Kier alpha value is 0.0500. The fraction of sp³-hybridized carbons (Fsp3) is 1.00. The Balaban J connectivity index is 1.94. The SMILES string of the molecule is CCCC(CC)C1(C)NNC(NC2CC(Cl)CCC2OC)NC1O. The van der Waals surface area contributed by atoms with E-state index in [1.807, 2.05) is 0 Å². The summed E-state index contributed by atoms with van der Waals surface area (Å²) in [5, 5.41) is 17.6. The summed E-state index contributed by atoms with van der Waals surface area (Å²) < 4.78 is 5.59. The van der Waals surface area contributed by atoms with E-state index in [9.17, 15) is 5.11 Å². The number of nitrogens with one attached hydrogen (secondary N) is 4. The van der Waals surface area contributed by atoms with Crippen molar-refractivity contribution >= 4 is 11.6 Å². The van der Waals surface area contributed by atoms with Gasteiger partial charge in [0.25, 0.3) is 0 Å². The molecule has 5 N–H and O–H groups in total. The number of hydrogen-bond acceptors (Lipinski definition) is 6. The summed E-state index contributed by atoms with van der Waals surface area (Å²) in [5.74, 6) is 0.395. The van der Waals surface area contributed by atoms with Crippen molar-refractivity contribution in [2.45, 2.75) is 94.9 Å². The third-order valence-corrected chi connectivity index (χ3v) is 6.16. The maximum absolute atomic E-state index is 10.7. The van der Waals surface area contributed by atoms with Gasteiger partial charge >= 0.3 is 0 Å². The van der Waals surface area contributed by atoms with E-state index in [1.165, 1.54) is 0 Å². The predicted molar refractivity (Wildman–Crippen MR) is 97.5 cm³/mol. The molecule has 7 atom stereocenters. The van der Waals surface area contributed by atoms with E-state index >= 15 is 0 Å². The van der Waals surface area contributed by atoms with Crippen molar-refractivity contribution in [1.82, 2.24) is 21.5 Å². The van der Waals surface area contributed by atoms with Crippen molar-refractivity contribution in [3.63, 3.8) is 0 Å². The summed E-state index contributed by atoms with van der Waals surface area (Å²) in [6, 6.07) is 0.159. The summed E-state index contributed by atoms with van der Waals surface area (Å²) in [6.45, 7) is 6.43. The fourth-order valence-electron chi connectivity index (χ4n) is 4.12. The highest BCUT2D eigenvalue weighted by Crippen LogP contribution is 2.29. The maximum atomic E-state index is 10.7. The van der Waals surface area contributed by atoms with Crippen molar-refractivity contribution in [1.29, 1.82) is 0 Å². The lowest BCUT2D eigenvalue weighted by Crippen LogP contribution is -2.79. The molecule has 2 fully saturated rings. The molecule has 1 saturated heterocycles. The lowest BCUT2D eigenvalue weighted by Gasteiger charge is -2.49. The number of rotatable bonds is 7. The molecule has 1 aliphatic carbocycles. The van der Waals surface area contributed by atoms with E-state index in [-0.39, 0.29) is 23.8 Å². The smallest absolute Gasteiger partial charge is 0.126 e. The van der Waals surface area contributed by atoms with Gasteiger partial charge in [0.05, 0.1) is 11.6 Å². The van der Waals surface area contributed by atoms with Gasteiger partial charge < -0.3 is 9.84 Å². The molecule has 2 aliphatic rings. The van der Waals surface area contributed by atoms with Crippen LogP contribution in [-0.2, 0) is 4.74 Å². The molecule has 0 amide bonds. The molecule has 0 aromatic rings. The Kier molecular flexibility index (Phi) is 7.74. The van der Waals surface area contributed by atoms with Crippen LogP contribution in [0.15, 0.2) is 0 Å². The predicted octanol–water partition coefficient (Wildman–Crippen LogP) is 1.64. The van der Waals surface area contributed by atoms with Crippen molar-refractivity contribution < 1.29 is 9.84 Å². The van der Waals surface area contributed by atoms with Crippen LogP contribution in [0, 0.1) is 5.92 Å². The number of hydrogen-bond donors (Lipinski definition) is 5. The minimum Gasteiger partial charge on any atom is -0.380 e. The summed E-state index contributed by atoms with van der Waals surface area (Å²) in [7, 11) is 1.75. The summed E-state index contributed by atoms with van der Waals surface area (Å²) >= 11 is 6.32. The Morgan fingerprint density at radius 2 is 2.12 bits per heavy atom. The number of alkyl halides is 1. The van der Waals surface area contributed by atoms with Gasteiger partial charge in [-0.25, -0.2) is 10.9 Å². The number of halogens is 1. The first kappa shape index (κ1) is 20.4. The molecule has 7 unspecified atom stereocenters. The van der Waals surface area contributed by atoms with Gasteiger partial charge in [-0.2, -0.15) is 0 Å². The van der Waals surface area contributed by atoms with Crippen molar-refractivity contribution in [2.24, 2.45) is 5.92 Å².